The molecule has 0 atom stereocenters. The first kappa shape index (κ1) is 13.0. The fraction of sp³-hybridized carbons (Fsp3) is 0.231. The number of amides is 1. The third kappa shape index (κ3) is 3.05. The lowest BCUT2D eigenvalue weighted by Gasteiger charge is -1.99. The molecule has 5 heteroatoms. The van der Waals surface area contributed by atoms with Gasteiger partial charge in [0.15, 0.2) is 0 Å². The van der Waals surface area contributed by atoms with Gasteiger partial charge < -0.3 is 5.32 Å². The SMILES string of the molecule is CCC(=O)NCc1ccc(C(=O)c2cccs2)s1. The molecule has 0 saturated carbocycles. The smallest absolute Gasteiger partial charge is 0.220 e. The van der Waals surface area contributed by atoms with Crippen molar-refractivity contribution in [3.05, 3.63) is 44.3 Å². The molecule has 2 rings (SSSR count). The van der Waals surface area contributed by atoms with E-state index >= 15 is 0 Å². The highest BCUT2D eigenvalue weighted by atomic mass is 32.1. The van der Waals surface area contributed by atoms with Gasteiger partial charge in [-0.05, 0) is 23.6 Å². The number of rotatable bonds is 5. The van der Waals surface area contributed by atoms with Gasteiger partial charge in [-0.1, -0.05) is 13.0 Å². The number of carbonyl (C=O) groups excluding carboxylic acids is 2. The van der Waals surface area contributed by atoms with Gasteiger partial charge in [0.25, 0.3) is 0 Å². The van der Waals surface area contributed by atoms with Crippen LogP contribution in [-0.4, -0.2) is 11.7 Å². The summed E-state index contributed by atoms with van der Waals surface area (Å²) < 4.78 is 0. The Balaban J connectivity index is 2.02. The van der Waals surface area contributed by atoms with E-state index in [1.165, 1.54) is 22.7 Å². The maximum absolute atomic E-state index is 12.0. The summed E-state index contributed by atoms with van der Waals surface area (Å²) >= 11 is 2.88. The Bertz CT molecular complexity index is 543. The van der Waals surface area contributed by atoms with Crippen molar-refractivity contribution >= 4 is 34.4 Å². The molecule has 0 aliphatic rings. The molecule has 0 unspecified atom stereocenters. The van der Waals surface area contributed by atoms with Gasteiger partial charge in [-0.15, -0.1) is 22.7 Å². The van der Waals surface area contributed by atoms with Crippen LogP contribution in [0.3, 0.4) is 0 Å². The second-order valence-corrected chi connectivity index (χ2v) is 5.82. The van der Waals surface area contributed by atoms with E-state index in [4.69, 9.17) is 0 Å². The summed E-state index contributed by atoms with van der Waals surface area (Å²) in [7, 11) is 0. The molecule has 1 amide bonds. The van der Waals surface area contributed by atoms with Crippen LogP contribution in [0.25, 0.3) is 0 Å². The maximum Gasteiger partial charge on any atom is 0.220 e. The zero-order valence-electron chi connectivity index (χ0n) is 9.93. The molecule has 0 aromatic carbocycles. The zero-order valence-corrected chi connectivity index (χ0v) is 11.6. The van der Waals surface area contributed by atoms with Gasteiger partial charge in [0.1, 0.15) is 0 Å². The van der Waals surface area contributed by atoms with Gasteiger partial charge in [0.2, 0.25) is 11.7 Å². The zero-order chi connectivity index (χ0) is 13.0. The van der Waals surface area contributed by atoms with E-state index in [0.717, 1.165) is 14.6 Å². The van der Waals surface area contributed by atoms with Crippen molar-refractivity contribution in [2.75, 3.05) is 0 Å². The Morgan fingerprint density at radius 1 is 1.22 bits per heavy atom. The minimum atomic E-state index is 0.0227. The van der Waals surface area contributed by atoms with Crippen molar-refractivity contribution in [2.24, 2.45) is 0 Å². The highest BCUT2D eigenvalue weighted by Gasteiger charge is 2.12. The van der Waals surface area contributed by atoms with Gasteiger partial charge in [0, 0.05) is 11.3 Å². The molecule has 3 nitrogen and oxygen atoms in total. The van der Waals surface area contributed by atoms with E-state index in [2.05, 4.69) is 5.32 Å². The third-order valence-corrected chi connectivity index (χ3v) is 4.36. The number of carbonyl (C=O) groups is 2. The number of hydrogen-bond donors (Lipinski definition) is 1. The Morgan fingerprint density at radius 2 is 2.06 bits per heavy atom. The highest BCUT2D eigenvalue weighted by Crippen LogP contribution is 2.22. The molecule has 0 bridgehead atoms. The van der Waals surface area contributed by atoms with Crippen LogP contribution in [0, 0.1) is 0 Å². The summed E-state index contributed by atoms with van der Waals surface area (Å²) in [4.78, 5) is 25.7. The van der Waals surface area contributed by atoms with Crippen LogP contribution in [0.15, 0.2) is 29.6 Å². The average molecular weight is 279 g/mol. The second kappa shape index (κ2) is 5.93. The topological polar surface area (TPSA) is 46.2 Å². The fourth-order valence-electron chi connectivity index (χ4n) is 1.43. The molecule has 18 heavy (non-hydrogen) atoms. The molecule has 0 aliphatic carbocycles. The largest absolute Gasteiger partial charge is 0.351 e. The molecule has 2 heterocycles. The molecule has 0 spiro atoms. The summed E-state index contributed by atoms with van der Waals surface area (Å²) in [6.45, 7) is 2.31. The molecule has 2 aromatic heterocycles. The van der Waals surface area contributed by atoms with Crippen LogP contribution in [0.4, 0.5) is 0 Å². The van der Waals surface area contributed by atoms with Crippen molar-refractivity contribution in [2.45, 2.75) is 19.9 Å². The van der Waals surface area contributed by atoms with Crippen molar-refractivity contribution in [3.8, 4) is 0 Å². The predicted octanol–water partition coefficient (Wildman–Crippen LogP) is 3.07. The van der Waals surface area contributed by atoms with E-state index in [1.807, 2.05) is 36.6 Å². The number of ketones is 1. The van der Waals surface area contributed by atoms with Crippen LogP contribution in [0.2, 0.25) is 0 Å². The van der Waals surface area contributed by atoms with Crippen molar-refractivity contribution in [1.29, 1.82) is 0 Å². The van der Waals surface area contributed by atoms with Gasteiger partial charge in [-0.2, -0.15) is 0 Å². The lowest BCUT2D eigenvalue weighted by atomic mass is 10.3. The first-order valence-corrected chi connectivity index (χ1v) is 7.34. The molecular formula is C13H13NO2S2. The standard InChI is InChI=1S/C13H13NO2S2/c1-2-12(15)14-8-9-5-6-11(18-9)13(16)10-4-3-7-17-10/h3-7H,2,8H2,1H3,(H,14,15). The minimum absolute atomic E-state index is 0.0227. The van der Waals surface area contributed by atoms with Gasteiger partial charge in [0.05, 0.1) is 16.3 Å². The predicted molar refractivity (Wildman–Crippen MR) is 74.2 cm³/mol. The van der Waals surface area contributed by atoms with Gasteiger partial charge in [-0.25, -0.2) is 0 Å². The van der Waals surface area contributed by atoms with Crippen LogP contribution in [-0.2, 0) is 11.3 Å². The summed E-state index contributed by atoms with van der Waals surface area (Å²) in [5.41, 5.74) is 0. The molecule has 0 radical (unpaired) electrons. The first-order valence-electron chi connectivity index (χ1n) is 5.64. The van der Waals surface area contributed by atoms with E-state index in [9.17, 15) is 9.59 Å². The van der Waals surface area contributed by atoms with E-state index < -0.39 is 0 Å². The molecule has 94 valence electrons. The average Bonchev–Trinajstić information content (AvgIpc) is 3.05. The quantitative estimate of drug-likeness (QED) is 0.855. The molecule has 0 fully saturated rings. The lowest BCUT2D eigenvalue weighted by molar-refractivity contribution is -0.120. The Hall–Kier alpha value is -1.46. The maximum atomic E-state index is 12.0. The van der Waals surface area contributed by atoms with E-state index in [1.54, 1.807) is 0 Å². The second-order valence-electron chi connectivity index (χ2n) is 3.70. The van der Waals surface area contributed by atoms with Crippen LogP contribution < -0.4 is 5.32 Å². The van der Waals surface area contributed by atoms with Crippen molar-refractivity contribution in [1.82, 2.24) is 5.32 Å². The molecular weight excluding hydrogens is 266 g/mol. The monoisotopic (exact) mass is 279 g/mol. The minimum Gasteiger partial charge on any atom is -0.351 e. The van der Waals surface area contributed by atoms with Gasteiger partial charge >= 0.3 is 0 Å². The van der Waals surface area contributed by atoms with Crippen LogP contribution in [0.1, 0.15) is 32.8 Å². The summed E-state index contributed by atoms with van der Waals surface area (Å²) in [6.07, 6.45) is 0.479. The summed E-state index contributed by atoms with van der Waals surface area (Å²) in [5, 5.41) is 4.69. The molecule has 0 aliphatic heterocycles. The van der Waals surface area contributed by atoms with Crippen LogP contribution in [0.5, 0.6) is 0 Å². The molecule has 0 saturated heterocycles. The summed E-state index contributed by atoms with van der Waals surface area (Å²) in [6, 6.07) is 7.40. The van der Waals surface area contributed by atoms with E-state index in [-0.39, 0.29) is 11.7 Å². The van der Waals surface area contributed by atoms with Crippen LogP contribution >= 0.6 is 22.7 Å². The van der Waals surface area contributed by atoms with E-state index in [0.29, 0.717) is 13.0 Å². The first-order chi connectivity index (χ1) is 8.70. The fourth-order valence-corrected chi connectivity index (χ4v) is 3.08. The lowest BCUT2D eigenvalue weighted by Crippen LogP contribution is -2.20. The van der Waals surface area contributed by atoms with Crippen molar-refractivity contribution in [3.63, 3.8) is 0 Å². The normalized spacial score (nSPS) is 10.3. The number of hydrogen-bond acceptors (Lipinski definition) is 4. The molecule has 1 N–H and O–H groups in total. The number of thiophene rings is 2. The van der Waals surface area contributed by atoms with Crippen molar-refractivity contribution < 1.29 is 9.59 Å². The number of nitrogens with one attached hydrogen (secondary N) is 1. The Kier molecular flexibility index (Phi) is 4.28. The Morgan fingerprint density at radius 3 is 2.72 bits per heavy atom. The Labute approximate surface area is 113 Å². The molecule has 2 aromatic rings. The third-order valence-electron chi connectivity index (χ3n) is 2.41. The summed E-state index contributed by atoms with van der Waals surface area (Å²) in [5.74, 6) is 0.0811. The van der Waals surface area contributed by atoms with Gasteiger partial charge in [-0.3, -0.25) is 9.59 Å². The highest BCUT2D eigenvalue weighted by molar-refractivity contribution is 7.16.